The lowest BCUT2D eigenvalue weighted by atomic mass is 10.0. The van der Waals surface area contributed by atoms with E-state index in [1.54, 1.807) is 18.2 Å². The van der Waals surface area contributed by atoms with Gasteiger partial charge >= 0.3 is 0 Å². The van der Waals surface area contributed by atoms with Crippen LogP contribution in [0.4, 0.5) is 5.69 Å². The Balaban J connectivity index is 2.21. The molecule has 2 rings (SSSR count). The lowest BCUT2D eigenvalue weighted by Gasteiger charge is -2.12. The molecule has 122 valence electrons. The van der Waals surface area contributed by atoms with E-state index in [1.807, 2.05) is 31.2 Å². The SMILES string of the molecule is CC[C@@H](C)Oc1ccc(/C=C(/C#N)c2ccc([N+](=O)[O-])cc2)cc1. The Hall–Kier alpha value is -3.13. The van der Waals surface area contributed by atoms with Gasteiger partial charge in [0.2, 0.25) is 0 Å². The minimum absolute atomic E-state index is 0.00239. The topological polar surface area (TPSA) is 76.2 Å². The van der Waals surface area contributed by atoms with Gasteiger partial charge in [-0.05, 0) is 54.8 Å². The van der Waals surface area contributed by atoms with Gasteiger partial charge in [0.1, 0.15) is 5.75 Å². The van der Waals surface area contributed by atoms with E-state index in [1.165, 1.54) is 12.1 Å². The summed E-state index contributed by atoms with van der Waals surface area (Å²) in [6.07, 6.45) is 2.83. The predicted molar refractivity (Wildman–Crippen MR) is 93.4 cm³/mol. The Morgan fingerprint density at radius 1 is 1.25 bits per heavy atom. The Kier molecular flexibility index (Phi) is 5.69. The molecule has 0 saturated heterocycles. The Morgan fingerprint density at radius 3 is 2.38 bits per heavy atom. The van der Waals surface area contributed by atoms with E-state index in [0.717, 1.165) is 17.7 Å². The molecule has 0 spiro atoms. The number of nitriles is 1. The Labute approximate surface area is 141 Å². The van der Waals surface area contributed by atoms with Crippen LogP contribution in [0.25, 0.3) is 11.6 Å². The maximum atomic E-state index is 10.7. The van der Waals surface area contributed by atoms with Crippen molar-refractivity contribution >= 4 is 17.3 Å². The lowest BCUT2D eigenvalue weighted by Crippen LogP contribution is -2.09. The van der Waals surface area contributed by atoms with Gasteiger partial charge in [-0.15, -0.1) is 0 Å². The molecule has 0 radical (unpaired) electrons. The fourth-order valence-corrected chi connectivity index (χ4v) is 2.07. The molecule has 0 fully saturated rings. The van der Waals surface area contributed by atoms with Crippen LogP contribution in [-0.2, 0) is 0 Å². The van der Waals surface area contributed by atoms with Crippen molar-refractivity contribution in [1.82, 2.24) is 0 Å². The molecular formula is C19H18N2O3. The van der Waals surface area contributed by atoms with E-state index in [-0.39, 0.29) is 11.8 Å². The quantitative estimate of drug-likeness (QED) is 0.330. The molecule has 0 saturated carbocycles. The van der Waals surface area contributed by atoms with E-state index in [4.69, 9.17) is 4.74 Å². The second-order valence-corrected chi connectivity index (χ2v) is 5.38. The van der Waals surface area contributed by atoms with Crippen molar-refractivity contribution in [2.24, 2.45) is 0 Å². The van der Waals surface area contributed by atoms with Gasteiger partial charge in [0, 0.05) is 12.1 Å². The third kappa shape index (κ3) is 4.43. The van der Waals surface area contributed by atoms with Gasteiger partial charge in [-0.2, -0.15) is 5.26 Å². The molecule has 2 aromatic rings. The first kappa shape index (κ1) is 17.2. The van der Waals surface area contributed by atoms with Crippen molar-refractivity contribution in [3.05, 3.63) is 69.8 Å². The molecule has 24 heavy (non-hydrogen) atoms. The van der Waals surface area contributed by atoms with E-state index in [0.29, 0.717) is 11.1 Å². The molecule has 0 aromatic heterocycles. The van der Waals surface area contributed by atoms with Crippen LogP contribution in [0.1, 0.15) is 31.4 Å². The summed E-state index contributed by atoms with van der Waals surface area (Å²) >= 11 is 0. The van der Waals surface area contributed by atoms with Crippen molar-refractivity contribution in [2.75, 3.05) is 0 Å². The molecule has 1 atom stereocenters. The number of rotatable bonds is 6. The average Bonchev–Trinajstić information content (AvgIpc) is 2.61. The average molecular weight is 322 g/mol. The summed E-state index contributed by atoms with van der Waals surface area (Å²) < 4.78 is 5.72. The highest BCUT2D eigenvalue weighted by molar-refractivity contribution is 5.89. The smallest absolute Gasteiger partial charge is 0.269 e. The number of non-ortho nitro benzene ring substituents is 1. The molecule has 5 nitrogen and oxygen atoms in total. The molecule has 0 N–H and O–H groups in total. The number of nitrogens with zero attached hydrogens (tertiary/aromatic N) is 2. The van der Waals surface area contributed by atoms with Crippen LogP contribution in [0.3, 0.4) is 0 Å². The second kappa shape index (κ2) is 7.93. The van der Waals surface area contributed by atoms with Crippen LogP contribution in [0.15, 0.2) is 48.5 Å². The molecule has 0 unspecified atom stereocenters. The number of ether oxygens (including phenoxy) is 1. The minimum atomic E-state index is -0.463. The van der Waals surface area contributed by atoms with E-state index < -0.39 is 4.92 Å². The van der Waals surface area contributed by atoms with Crippen LogP contribution >= 0.6 is 0 Å². The fourth-order valence-electron chi connectivity index (χ4n) is 2.07. The first-order valence-electron chi connectivity index (χ1n) is 7.66. The minimum Gasteiger partial charge on any atom is -0.491 e. The summed E-state index contributed by atoms with van der Waals surface area (Å²) in [7, 11) is 0. The predicted octanol–water partition coefficient (Wildman–Crippen LogP) is 4.84. The molecule has 5 heteroatoms. The Bertz CT molecular complexity index is 772. The molecule has 0 aliphatic carbocycles. The fraction of sp³-hybridized carbons (Fsp3) is 0.211. The summed E-state index contributed by atoms with van der Waals surface area (Å²) in [6.45, 7) is 4.07. The largest absolute Gasteiger partial charge is 0.491 e. The second-order valence-electron chi connectivity index (χ2n) is 5.38. The molecule has 0 bridgehead atoms. The summed E-state index contributed by atoms with van der Waals surface area (Å²) in [5.41, 5.74) is 1.95. The zero-order chi connectivity index (χ0) is 17.5. The van der Waals surface area contributed by atoms with Crippen molar-refractivity contribution < 1.29 is 9.66 Å². The van der Waals surface area contributed by atoms with E-state index in [9.17, 15) is 15.4 Å². The summed E-state index contributed by atoms with van der Waals surface area (Å²) in [5.74, 6) is 0.787. The van der Waals surface area contributed by atoms with E-state index in [2.05, 4.69) is 13.0 Å². The van der Waals surface area contributed by atoms with E-state index >= 15 is 0 Å². The zero-order valence-corrected chi connectivity index (χ0v) is 13.6. The number of allylic oxidation sites excluding steroid dienone is 1. The monoisotopic (exact) mass is 322 g/mol. The maximum absolute atomic E-state index is 10.7. The standard InChI is InChI=1S/C19H18N2O3/c1-3-14(2)24-19-10-4-15(5-11-19)12-17(13-20)16-6-8-18(9-7-16)21(22)23/h4-12,14H,3H2,1-2H3/b17-12-/t14-/m1/s1. The van der Waals surface area contributed by atoms with Crippen LogP contribution in [0.2, 0.25) is 0 Å². The third-order valence-electron chi connectivity index (χ3n) is 3.61. The normalized spacial score (nSPS) is 12.3. The first-order valence-corrected chi connectivity index (χ1v) is 7.66. The zero-order valence-electron chi connectivity index (χ0n) is 13.6. The van der Waals surface area contributed by atoms with Crippen LogP contribution in [-0.4, -0.2) is 11.0 Å². The van der Waals surface area contributed by atoms with Crippen molar-refractivity contribution in [1.29, 1.82) is 5.26 Å². The van der Waals surface area contributed by atoms with Crippen LogP contribution < -0.4 is 4.74 Å². The van der Waals surface area contributed by atoms with Crippen LogP contribution in [0, 0.1) is 21.4 Å². The summed E-state index contributed by atoms with van der Waals surface area (Å²) in [5, 5.41) is 20.0. The van der Waals surface area contributed by atoms with Gasteiger partial charge < -0.3 is 4.74 Å². The molecule has 0 aliphatic rings. The third-order valence-corrected chi connectivity index (χ3v) is 3.61. The molecule has 2 aromatic carbocycles. The van der Waals surface area contributed by atoms with Gasteiger partial charge in [0.15, 0.2) is 0 Å². The highest BCUT2D eigenvalue weighted by Crippen LogP contribution is 2.22. The highest BCUT2D eigenvalue weighted by atomic mass is 16.6. The number of nitro benzene ring substituents is 1. The number of hydrogen-bond donors (Lipinski definition) is 0. The molecule has 0 aliphatic heterocycles. The highest BCUT2D eigenvalue weighted by Gasteiger charge is 2.07. The molecule has 0 amide bonds. The number of benzene rings is 2. The summed E-state index contributed by atoms with van der Waals surface area (Å²) in [6, 6.07) is 15.5. The first-order chi connectivity index (χ1) is 11.5. The van der Waals surface area contributed by atoms with Gasteiger partial charge in [0.05, 0.1) is 22.7 Å². The number of hydrogen-bond acceptors (Lipinski definition) is 4. The van der Waals surface area contributed by atoms with Gasteiger partial charge in [-0.1, -0.05) is 19.1 Å². The Morgan fingerprint density at radius 2 is 1.88 bits per heavy atom. The number of nitro groups is 1. The molecular weight excluding hydrogens is 304 g/mol. The lowest BCUT2D eigenvalue weighted by molar-refractivity contribution is -0.384. The summed E-state index contributed by atoms with van der Waals surface area (Å²) in [4.78, 5) is 10.2. The van der Waals surface area contributed by atoms with Gasteiger partial charge in [-0.25, -0.2) is 0 Å². The maximum Gasteiger partial charge on any atom is 0.269 e. The molecule has 0 heterocycles. The van der Waals surface area contributed by atoms with Crippen molar-refractivity contribution in [3.63, 3.8) is 0 Å². The van der Waals surface area contributed by atoms with Crippen LogP contribution in [0.5, 0.6) is 5.75 Å². The van der Waals surface area contributed by atoms with Crippen molar-refractivity contribution in [3.8, 4) is 11.8 Å². The van der Waals surface area contributed by atoms with Gasteiger partial charge in [-0.3, -0.25) is 10.1 Å². The van der Waals surface area contributed by atoms with Crippen molar-refractivity contribution in [2.45, 2.75) is 26.4 Å². The van der Waals surface area contributed by atoms with Gasteiger partial charge in [0.25, 0.3) is 5.69 Å².